The number of nitrogens with two attached hydrogens (primary N) is 1. The van der Waals surface area contributed by atoms with Crippen LogP contribution >= 0.6 is 23.2 Å². The van der Waals surface area contributed by atoms with Crippen LogP contribution in [-0.2, 0) is 11.3 Å². The van der Waals surface area contributed by atoms with Crippen LogP contribution in [0, 0.1) is 0 Å². The van der Waals surface area contributed by atoms with E-state index < -0.39 is 12.1 Å². The summed E-state index contributed by atoms with van der Waals surface area (Å²) in [6, 6.07) is 2.77. The number of rotatable bonds is 2. The lowest BCUT2D eigenvalue weighted by molar-refractivity contribution is -0.173. The van der Waals surface area contributed by atoms with Gasteiger partial charge < -0.3 is 16.2 Å². The van der Waals surface area contributed by atoms with Gasteiger partial charge in [-0.2, -0.15) is 13.2 Å². The van der Waals surface area contributed by atoms with Crippen molar-refractivity contribution in [2.75, 3.05) is 12.8 Å². The molecule has 4 nitrogen and oxygen atoms in total. The summed E-state index contributed by atoms with van der Waals surface area (Å²) in [7, 11) is 1.00. The number of hydrogen-bond acceptors (Lipinski definition) is 3. The molecule has 21 heavy (non-hydrogen) atoms. The standard InChI is InChI=1S/C9H7Cl2F3N2O.C2H6.CH4O/c10-5-2-1-4(6(11)7(5)15)3-16-8(17)9(12,13)14;2*1-2/h1-2H,3,15H2,(H,16,17);1-2H3;2H,1H3. The number of carbonyl (C=O) groups excluding carboxylic acids is 1. The zero-order chi connectivity index (χ0) is 17.2. The fourth-order valence-corrected chi connectivity index (χ4v) is 1.46. The first-order valence-corrected chi connectivity index (χ1v) is 6.51. The van der Waals surface area contributed by atoms with Gasteiger partial charge in [-0.3, -0.25) is 4.79 Å². The SMILES string of the molecule is CC.CO.Nc1c(Cl)ccc(CNC(=O)C(F)(F)F)c1Cl. The quantitative estimate of drug-likeness (QED) is 0.717. The molecule has 4 N–H and O–H groups in total. The summed E-state index contributed by atoms with van der Waals surface area (Å²) >= 11 is 11.4. The van der Waals surface area contributed by atoms with Gasteiger partial charge in [-0.15, -0.1) is 0 Å². The van der Waals surface area contributed by atoms with Crippen molar-refractivity contribution in [1.82, 2.24) is 5.32 Å². The highest BCUT2D eigenvalue weighted by atomic mass is 35.5. The molecule has 0 heterocycles. The van der Waals surface area contributed by atoms with E-state index in [9.17, 15) is 18.0 Å². The van der Waals surface area contributed by atoms with E-state index in [1.165, 1.54) is 12.1 Å². The van der Waals surface area contributed by atoms with Crippen molar-refractivity contribution in [3.8, 4) is 0 Å². The molecule has 0 radical (unpaired) electrons. The Morgan fingerprint density at radius 1 is 1.29 bits per heavy atom. The fraction of sp³-hybridized carbons (Fsp3) is 0.417. The second-order valence-electron chi connectivity index (χ2n) is 3.11. The van der Waals surface area contributed by atoms with Crippen molar-refractivity contribution in [2.24, 2.45) is 0 Å². The number of nitrogens with one attached hydrogen (secondary N) is 1. The molecule has 0 spiro atoms. The third kappa shape index (κ3) is 7.40. The lowest BCUT2D eigenvalue weighted by atomic mass is 10.2. The Kier molecular flexibility index (Phi) is 11.1. The number of aliphatic hydroxyl groups excluding tert-OH is 1. The molecule has 1 aromatic rings. The zero-order valence-corrected chi connectivity index (χ0v) is 13.2. The highest BCUT2D eigenvalue weighted by molar-refractivity contribution is 6.39. The van der Waals surface area contributed by atoms with Gasteiger partial charge in [0, 0.05) is 13.7 Å². The van der Waals surface area contributed by atoms with Crippen LogP contribution in [0.15, 0.2) is 12.1 Å². The Hall–Kier alpha value is -1.18. The number of amides is 1. The molecule has 0 aromatic heterocycles. The minimum absolute atomic E-state index is 0.0278. The summed E-state index contributed by atoms with van der Waals surface area (Å²) < 4.78 is 35.7. The first-order chi connectivity index (χ1) is 9.73. The third-order valence-electron chi connectivity index (χ3n) is 1.90. The maximum Gasteiger partial charge on any atom is 0.471 e. The Labute approximate surface area is 131 Å². The van der Waals surface area contributed by atoms with Gasteiger partial charge >= 0.3 is 12.1 Å². The normalized spacial score (nSPS) is 9.76. The molecule has 0 aliphatic carbocycles. The molecule has 1 amide bonds. The van der Waals surface area contributed by atoms with Crippen molar-refractivity contribution < 1.29 is 23.1 Å². The van der Waals surface area contributed by atoms with E-state index in [2.05, 4.69) is 0 Å². The molecule has 9 heteroatoms. The van der Waals surface area contributed by atoms with Crippen LogP contribution < -0.4 is 11.1 Å². The zero-order valence-electron chi connectivity index (χ0n) is 11.7. The summed E-state index contributed by atoms with van der Waals surface area (Å²) in [4.78, 5) is 10.6. The first-order valence-electron chi connectivity index (χ1n) is 5.75. The molecule has 0 aliphatic heterocycles. The summed E-state index contributed by atoms with van der Waals surface area (Å²) in [5.74, 6) is -2.04. The summed E-state index contributed by atoms with van der Waals surface area (Å²) in [5.41, 5.74) is 5.79. The van der Waals surface area contributed by atoms with Crippen molar-refractivity contribution >= 4 is 34.8 Å². The maximum atomic E-state index is 11.9. The maximum absolute atomic E-state index is 11.9. The van der Waals surface area contributed by atoms with Gasteiger partial charge in [0.1, 0.15) is 0 Å². The predicted octanol–water partition coefficient (Wildman–Crippen LogP) is 3.39. The van der Waals surface area contributed by atoms with Crippen LogP contribution in [-0.4, -0.2) is 24.3 Å². The average Bonchev–Trinajstić information content (AvgIpc) is 2.47. The topological polar surface area (TPSA) is 75.3 Å². The Morgan fingerprint density at radius 2 is 1.76 bits per heavy atom. The van der Waals surface area contributed by atoms with Gasteiger partial charge in [-0.25, -0.2) is 0 Å². The molecule has 1 aromatic carbocycles. The van der Waals surface area contributed by atoms with Crippen LogP contribution in [0.25, 0.3) is 0 Å². The number of hydrogen-bond donors (Lipinski definition) is 3. The van der Waals surface area contributed by atoms with E-state index in [-0.39, 0.29) is 27.8 Å². The average molecular weight is 349 g/mol. The van der Waals surface area contributed by atoms with Crippen molar-refractivity contribution in [3.63, 3.8) is 0 Å². The first kappa shape index (κ1) is 22.1. The largest absolute Gasteiger partial charge is 0.471 e. The molecule has 0 unspecified atom stereocenters. The summed E-state index contributed by atoms with van der Waals surface area (Å²) in [6.45, 7) is 3.62. The number of anilines is 1. The summed E-state index contributed by atoms with van der Waals surface area (Å²) in [6.07, 6.45) is -4.93. The van der Waals surface area contributed by atoms with E-state index in [1.807, 2.05) is 13.8 Å². The van der Waals surface area contributed by atoms with Crippen molar-refractivity contribution in [3.05, 3.63) is 27.7 Å². The van der Waals surface area contributed by atoms with Crippen molar-refractivity contribution in [2.45, 2.75) is 26.6 Å². The lowest BCUT2D eigenvalue weighted by Gasteiger charge is -2.10. The van der Waals surface area contributed by atoms with E-state index in [4.69, 9.17) is 34.0 Å². The second-order valence-corrected chi connectivity index (χ2v) is 3.90. The highest BCUT2D eigenvalue weighted by Gasteiger charge is 2.38. The molecule has 0 atom stereocenters. The van der Waals surface area contributed by atoms with Gasteiger partial charge in [0.25, 0.3) is 0 Å². The number of alkyl halides is 3. The molecule has 0 aliphatic rings. The number of nitrogen functional groups attached to an aromatic ring is 1. The number of carbonyl (C=O) groups is 1. The molecule has 122 valence electrons. The monoisotopic (exact) mass is 348 g/mol. The minimum atomic E-state index is -4.93. The third-order valence-corrected chi connectivity index (χ3v) is 2.68. The van der Waals surface area contributed by atoms with Gasteiger partial charge in [0.15, 0.2) is 0 Å². The van der Waals surface area contributed by atoms with E-state index in [0.29, 0.717) is 0 Å². The second kappa shape index (κ2) is 10.5. The smallest absolute Gasteiger partial charge is 0.400 e. The van der Waals surface area contributed by atoms with Gasteiger partial charge in [0.2, 0.25) is 0 Å². The van der Waals surface area contributed by atoms with Gasteiger partial charge in [0.05, 0.1) is 15.7 Å². The lowest BCUT2D eigenvalue weighted by Crippen LogP contribution is -2.36. The van der Waals surface area contributed by atoms with E-state index in [1.54, 1.807) is 5.32 Å². The van der Waals surface area contributed by atoms with Crippen LogP contribution in [0.2, 0.25) is 10.0 Å². The molecular formula is C12H17Cl2F3N2O2. The van der Waals surface area contributed by atoms with Gasteiger partial charge in [-0.1, -0.05) is 43.1 Å². The number of aliphatic hydroxyl groups is 1. The Balaban J connectivity index is 0. The molecule has 0 saturated heterocycles. The highest BCUT2D eigenvalue weighted by Crippen LogP contribution is 2.30. The van der Waals surface area contributed by atoms with E-state index in [0.717, 1.165) is 7.11 Å². The van der Waals surface area contributed by atoms with Gasteiger partial charge in [-0.05, 0) is 11.6 Å². The minimum Gasteiger partial charge on any atom is -0.400 e. The predicted molar refractivity (Wildman–Crippen MR) is 78.3 cm³/mol. The van der Waals surface area contributed by atoms with Crippen LogP contribution in [0.4, 0.5) is 18.9 Å². The van der Waals surface area contributed by atoms with Crippen LogP contribution in [0.5, 0.6) is 0 Å². The summed E-state index contributed by atoms with van der Waals surface area (Å²) in [5, 5.41) is 8.90. The molecule has 0 fully saturated rings. The fourth-order valence-electron chi connectivity index (χ4n) is 1.03. The number of benzene rings is 1. The molecule has 0 bridgehead atoms. The molecular weight excluding hydrogens is 332 g/mol. The number of halogens is 5. The molecule has 1 rings (SSSR count). The van der Waals surface area contributed by atoms with E-state index >= 15 is 0 Å². The van der Waals surface area contributed by atoms with Crippen LogP contribution in [0.1, 0.15) is 19.4 Å². The van der Waals surface area contributed by atoms with Crippen LogP contribution in [0.3, 0.4) is 0 Å². The Bertz CT molecular complexity index is 455. The molecule has 0 saturated carbocycles. The Morgan fingerprint density at radius 3 is 2.19 bits per heavy atom. The van der Waals surface area contributed by atoms with Crippen molar-refractivity contribution in [1.29, 1.82) is 0 Å².